The first-order valence-corrected chi connectivity index (χ1v) is 6.47. The van der Waals surface area contributed by atoms with E-state index in [0.29, 0.717) is 6.54 Å². The van der Waals surface area contributed by atoms with Crippen molar-refractivity contribution in [2.45, 2.75) is 33.1 Å². The average Bonchev–Trinajstić information content (AvgIpc) is 2.22. The molecule has 0 aliphatic heterocycles. The molecule has 0 aliphatic carbocycles. The molecule has 0 aromatic heterocycles. The van der Waals surface area contributed by atoms with E-state index in [4.69, 9.17) is 23.1 Å². The van der Waals surface area contributed by atoms with Gasteiger partial charge in [-0.2, -0.15) is 0 Å². The van der Waals surface area contributed by atoms with Crippen molar-refractivity contribution in [2.75, 3.05) is 20.2 Å². The molecule has 0 fully saturated rings. The number of thiocarbonyl (C=S) groups is 1. The molecular formula is C12H24N2O2S. The minimum Gasteiger partial charge on any atom is -0.396 e. The molecule has 1 unspecified atom stereocenters. The number of hydrogen-bond acceptors (Lipinski definition) is 3. The summed E-state index contributed by atoms with van der Waals surface area (Å²) in [5.41, 5.74) is 5.60. The van der Waals surface area contributed by atoms with Gasteiger partial charge in [0.25, 0.3) is 0 Å². The molecule has 0 aliphatic rings. The van der Waals surface area contributed by atoms with Crippen LogP contribution >= 0.6 is 12.2 Å². The molecule has 0 saturated heterocycles. The van der Waals surface area contributed by atoms with Crippen molar-refractivity contribution in [1.29, 1.82) is 0 Å². The second kappa shape index (κ2) is 8.42. The van der Waals surface area contributed by atoms with Gasteiger partial charge in [0.15, 0.2) is 0 Å². The van der Waals surface area contributed by atoms with Gasteiger partial charge in [0.05, 0.1) is 10.9 Å². The molecule has 100 valence electrons. The highest BCUT2D eigenvalue weighted by molar-refractivity contribution is 7.80. The van der Waals surface area contributed by atoms with Crippen molar-refractivity contribution in [1.82, 2.24) is 4.90 Å². The van der Waals surface area contributed by atoms with Gasteiger partial charge in [0.1, 0.15) is 0 Å². The van der Waals surface area contributed by atoms with Crippen molar-refractivity contribution in [2.24, 2.45) is 17.6 Å². The Morgan fingerprint density at radius 1 is 1.35 bits per heavy atom. The Labute approximate surface area is 109 Å². The molecule has 0 saturated carbocycles. The van der Waals surface area contributed by atoms with E-state index in [-0.39, 0.29) is 29.3 Å². The lowest BCUT2D eigenvalue weighted by Gasteiger charge is -2.25. The molecule has 1 atom stereocenters. The third kappa shape index (κ3) is 5.98. The molecule has 0 heterocycles. The summed E-state index contributed by atoms with van der Waals surface area (Å²) in [5.74, 6) is -0.246. The van der Waals surface area contributed by atoms with Crippen molar-refractivity contribution < 1.29 is 9.90 Å². The van der Waals surface area contributed by atoms with Crippen LogP contribution in [0.15, 0.2) is 0 Å². The molecule has 17 heavy (non-hydrogen) atoms. The van der Waals surface area contributed by atoms with Gasteiger partial charge in [-0.15, -0.1) is 0 Å². The van der Waals surface area contributed by atoms with Gasteiger partial charge in [0, 0.05) is 20.2 Å². The van der Waals surface area contributed by atoms with Crippen LogP contribution in [0.4, 0.5) is 0 Å². The number of carbonyl (C=O) groups is 1. The van der Waals surface area contributed by atoms with E-state index in [1.165, 1.54) is 0 Å². The first kappa shape index (κ1) is 16.3. The molecule has 0 spiro atoms. The van der Waals surface area contributed by atoms with Gasteiger partial charge in [-0.05, 0) is 25.2 Å². The highest BCUT2D eigenvalue weighted by Crippen LogP contribution is 2.14. The first-order valence-electron chi connectivity index (χ1n) is 6.07. The number of carbonyl (C=O) groups excluding carboxylic acids is 1. The summed E-state index contributed by atoms with van der Waals surface area (Å²) in [5, 5.41) is 8.66. The second-order valence-corrected chi connectivity index (χ2v) is 5.14. The van der Waals surface area contributed by atoms with Gasteiger partial charge >= 0.3 is 0 Å². The van der Waals surface area contributed by atoms with Crippen LogP contribution in [0.25, 0.3) is 0 Å². The predicted molar refractivity (Wildman–Crippen MR) is 73.7 cm³/mol. The zero-order chi connectivity index (χ0) is 13.4. The van der Waals surface area contributed by atoms with Crippen LogP contribution in [0.2, 0.25) is 0 Å². The molecule has 5 heteroatoms. The lowest BCUT2D eigenvalue weighted by Crippen LogP contribution is -2.42. The number of nitrogens with zero attached hydrogens (tertiary/aromatic N) is 1. The SMILES string of the molecule is CC(C)C(C(=O)N(C)CCCCCO)C(N)=S. The zero-order valence-corrected chi connectivity index (χ0v) is 11.8. The number of rotatable bonds is 8. The fraction of sp³-hybridized carbons (Fsp3) is 0.833. The summed E-state index contributed by atoms with van der Waals surface area (Å²) < 4.78 is 0. The number of hydrogen-bond donors (Lipinski definition) is 2. The molecular weight excluding hydrogens is 236 g/mol. The summed E-state index contributed by atoms with van der Waals surface area (Å²) in [6.07, 6.45) is 2.60. The van der Waals surface area contributed by atoms with Crippen molar-refractivity contribution in [3.8, 4) is 0 Å². The summed E-state index contributed by atoms with van der Waals surface area (Å²) >= 11 is 4.94. The standard InChI is InChI=1S/C12H24N2O2S/c1-9(2)10(11(13)17)12(16)14(3)7-5-4-6-8-15/h9-10,15H,4-8H2,1-3H3,(H2,13,17). The van der Waals surface area contributed by atoms with Crippen molar-refractivity contribution in [3.05, 3.63) is 0 Å². The van der Waals surface area contributed by atoms with E-state index in [0.717, 1.165) is 19.3 Å². The number of aliphatic hydroxyl groups excluding tert-OH is 1. The smallest absolute Gasteiger partial charge is 0.232 e. The summed E-state index contributed by atoms with van der Waals surface area (Å²) in [4.78, 5) is 14.1. The minimum absolute atomic E-state index is 0.00324. The van der Waals surface area contributed by atoms with Gasteiger partial charge in [-0.1, -0.05) is 26.1 Å². The molecule has 0 aromatic rings. The molecule has 3 N–H and O–H groups in total. The van der Waals surface area contributed by atoms with Crippen LogP contribution in [0.3, 0.4) is 0 Å². The fourth-order valence-corrected chi connectivity index (χ4v) is 2.09. The average molecular weight is 260 g/mol. The number of unbranched alkanes of at least 4 members (excludes halogenated alkanes) is 2. The second-order valence-electron chi connectivity index (χ2n) is 4.67. The largest absolute Gasteiger partial charge is 0.396 e. The topological polar surface area (TPSA) is 66.6 Å². The Morgan fingerprint density at radius 3 is 2.35 bits per heavy atom. The Hall–Kier alpha value is -0.680. The highest BCUT2D eigenvalue weighted by atomic mass is 32.1. The Balaban J connectivity index is 4.22. The van der Waals surface area contributed by atoms with E-state index in [1.54, 1.807) is 11.9 Å². The van der Waals surface area contributed by atoms with Crippen LogP contribution in [0.1, 0.15) is 33.1 Å². The summed E-state index contributed by atoms with van der Waals surface area (Å²) in [7, 11) is 1.77. The maximum atomic E-state index is 12.1. The van der Waals surface area contributed by atoms with Crippen LogP contribution in [-0.2, 0) is 4.79 Å². The number of nitrogens with two attached hydrogens (primary N) is 1. The summed E-state index contributed by atoms with van der Waals surface area (Å²) in [6.45, 7) is 4.78. The van der Waals surface area contributed by atoms with E-state index < -0.39 is 0 Å². The molecule has 0 bridgehead atoms. The highest BCUT2D eigenvalue weighted by Gasteiger charge is 2.27. The lowest BCUT2D eigenvalue weighted by molar-refractivity contribution is -0.133. The quantitative estimate of drug-likeness (QED) is 0.508. The molecule has 1 amide bonds. The summed E-state index contributed by atoms with van der Waals surface area (Å²) in [6, 6.07) is 0. The van der Waals surface area contributed by atoms with Crippen LogP contribution in [-0.4, -0.2) is 41.1 Å². The molecule has 0 radical (unpaired) electrons. The normalized spacial score (nSPS) is 12.5. The third-order valence-electron chi connectivity index (χ3n) is 2.77. The van der Waals surface area contributed by atoms with E-state index >= 15 is 0 Å². The third-order valence-corrected chi connectivity index (χ3v) is 3.02. The lowest BCUT2D eigenvalue weighted by atomic mass is 9.94. The van der Waals surface area contributed by atoms with E-state index in [9.17, 15) is 4.79 Å². The van der Waals surface area contributed by atoms with Gasteiger partial charge < -0.3 is 15.7 Å². The van der Waals surface area contributed by atoms with Gasteiger partial charge in [-0.25, -0.2) is 0 Å². The fourth-order valence-electron chi connectivity index (χ4n) is 1.72. The van der Waals surface area contributed by atoms with Crippen molar-refractivity contribution >= 4 is 23.1 Å². The Kier molecular flexibility index (Phi) is 8.08. The monoisotopic (exact) mass is 260 g/mol. The number of aliphatic hydroxyl groups is 1. The van der Waals surface area contributed by atoms with Gasteiger partial charge in [0.2, 0.25) is 5.91 Å². The Morgan fingerprint density at radius 2 is 1.94 bits per heavy atom. The maximum absolute atomic E-state index is 12.1. The van der Waals surface area contributed by atoms with Gasteiger partial charge in [-0.3, -0.25) is 4.79 Å². The van der Waals surface area contributed by atoms with Crippen molar-refractivity contribution in [3.63, 3.8) is 0 Å². The first-order chi connectivity index (χ1) is 7.91. The zero-order valence-electron chi connectivity index (χ0n) is 11.0. The molecule has 0 aromatic carbocycles. The van der Waals surface area contributed by atoms with Crippen LogP contribution in [0.5, 0.6) is 0 Å². The number of amides is 1. The molecule has 4 nitrogen and oxygen atoms in total. The Bertz CT molecular complexity index is 257. The maximum Gasteiger partial charge on any atom is 0.232 e. The van der Waals surface area contributed by atoms with E-state index in [2.05, 4.69) is 0 Å². The molecule has 0 rings (SSSR count). The van der Waals surface area contributed by atoms with E-state index in [1.807, 2.05) is 13.8 Å². The van der Waals surface area contributed by atoms with Crippen LogP contribution < -0.4 is 5.73 Å². The predicted octanol–water partition coefficient (Wildman–Crippen LogP) is 1.17. The van der Waals surface area contributed by atoms with Crippen LogP contribution in [0, 0.1) is 11.8 Å². The minimum atomic E-state index is -0.368.